The molecule has 2 rings (SSSR count). The molecule has 0 aliphatic rings. The summed E-state index contributed by atoms with van der Waals surface area (Å²) in [6.45, 7) is 5.28. The van der Waals surface area contributed by atoms with E-state index in [0.717, 1.165) is 5.01 Å². The number of hydrogen-bond acceptors (Lipinski definition) is 4. The molecule has 2 heterocycles. The first-order valence-electron chi connectivity index (χ1n) is 6.32. The maximum absolute atomic E-state index is 12.3. The van der Waals surface area contributed by atoms with Gasteiger partial charge in [0.2, 0.25) is 0 Å². The molecule has 106 valence electrons. The number of carbonyl (C=O) groups is 1. The van der Waals surface area contributed by atoms with E-state index in [9.17, 15) is 14.7 Å². The first-order chi connectivity index (χ1) is 9.47. The molecular weight excluding hydrogens is 276 g/mol. The highest BCUT2D eigenvalue weighted by molar-refractivity contribution is 7.09. The fourth-order valence-corrected chi connectivity index (χ4v) is 3.29. The number of rotatable bonds is 4. The fourth-order valence-electron chi connectivity index (χ4n) is 2.48. The van der Waals surface area contributed by atoms with Gasteiger partial charge in [0.1, 0.15) is 5.01 Å². The van der Waals surface area contributed by atoms with Crippen molar-refractivity contribution in [3.05, 3.63) is 49.8 Å². The zero-order valence-electron chi connectivity index (χ0n) is 11.6. The summed E-state index contributed by atoms with van der Waals surface area (Å²) in [5.41, 5.74) is 0.974. The van der Waals surface area contributed by atoms with Crippen molar-refractivity contribution in [2.45, 2.75) is 33.2 Å². The Balaban J connectivity index is 2.70. The summed E-state index contributed by atoms with van der Waals surface area (Å²) >= 11 is 1.47. The molecule has 0 spiro atoms. The van der Waals surface area contributed by atoms with Crippen LogP contribution in [0.15, 0.2) is 22.4 Å². The zero-order valence-corrected chi connectivity index (χ0v) is 12.4. The Morgan fingerprint density at radius 2 is 2.20 bits per heavy atom. The second-order valence-electron chi connectivity index (χ2n) is 4.60. The van der Waals surface area contributed by atoms with Crippen LogP contribution >= 0.6 is 11.3 Å². The quantitative estimate of drug-likeness (QED) is 0.940. The van der Waals surface area contributed by atoms with Crippen LogP contribution in [-0.2, 0) is 0 Å². The summed E-state index contributed by atoms with van der Waals surface area (Å²) in [4.78, 5) is 27.9. The second-order valence-corrected chi connectivity index (χ2v) is 5.52. The Morgan fingerprint density at radius 1 is 1.50 bits per heavy atom. The van der Waals surface area contributed by atoms with Gasteiger partial charge in [-0.15, -0.1) is 11.3 Å². The van der Waals surface area contributed by atoms with Gasteiger partial charge in [0.25, 0.3) is 5.56 Å². The lowest BCUT2D eigenvalue weighted by Crippen LogP contribution is -2.29. The average molecular weight is 292 g/mol. The highest BCUT2D eigenvalue weighted by Crippen LogP contribution is 2.25. The van der Waals surface area contributed by atoms with Gasteiger partial charge in [-0.3, -0.25) is 4.79 Å². The first-order valence-corrected chi connectivity index (χ1v) is 7.20. The molecule has 0 fully saturated rings. The van der Waals surface area contributed by atoms with E-state index in [-0.39, 0.29) is 17.2 Å². The molecule has 6 heteroatoms. The van der Waals surface area contributed by atoms with Gasteiger partial charge in [0.15, 0.2) is 0 Å². The van der Waals surface area contributed by atoms with Crippen LogP contribution in [0.2, 0.25) is 0 Å². The van der Waals surface area contributed by atoms with Crippen LogP contribution in [0.1, 0.15) is 46.0 Å². The summed E-state index contributed by atoms with van der Waals surface area (Å²) in [6, 6.07) is 1.16. The second kappa shape index (κ2) is 5.58. The monoisotopic (exact) mass is 292 g/mol. The van der Waals surface area contributed by atoms with Gasteiger partial charge in [-0.2, -0.15) is 0 Å². The Labute approximate surface area is 120 Å². The number of hydrogen-bond donors (Lipinski definition) is 1. The molecule has 0 saturated carbocycles. The van der Waals surface area contributed by atoms with Crippen molar-refractivity contribution in [2.24, 2.45) is 0 Å². The number of aromatic nitrogens is 2. The number of thiazole rings is 1. The molecule has 2 aromatic rings. The van der Waals surface area contributed by atoms with Gasteiger partial charge >= 0.3 is 5.97 Å². The minimum Gasteiger partial charge on any atom is -0.478 e. The first kappa shape index (κ1) is 14.5. The Kier molecular flexibility index (Phi) is 4.04. The van der Waals surface area contributed by atoms with E-state index in [0.29, 0.717) is 17.7 Å². The molecule has 1 unspecified atom stereocenters. The van der Waals surface area contributed by atoms with Crippen molar-refractivity contribution >= 4 is 17.3 Å². The lowest BCUT2D eigenvalue weighted by atomic mass is 10.1. The van der Waals surface area contributed by atoms with Crippen molar-refractivity contribution in [1.82, 2.24) is 9.55 Å². The number of nitrogens with zero attached hydrogens (tertiary/aromatic N) is 2. The Hall–Kier alpha value is -1.95. The lowest BCUT2D eigenvalue weighted by Gasteiger charge is -2.21. The molecule has 0 amide bonds. The van der Waals surface area contributed by atoms with Crippen LogP contribution in [0.3, 0.4) is 0 Å². The molecule has 2 aromatic heterocycles. The number of pyridine rings is 1. The van der Waals surface area contributed by atoms with Crippen LogP contribution in [-0.4, -0.2) is 20.6 Å². The van der Waals surface area contributed by atoms with Crippen LogP contribution in [0.5, 0.6) is 0 Å². The highest BCUT2D eigenvalue weighted by atomic mass is 32.1. The maximum Gasteiger partial charge on any atom is 0.337 e. The summed E-state index contributed by atoms with van der Waals surface area (Å²) in [6.07, 6.45) is 2.37. The normalized spacial score (nSPS) is 12.3. The lowest BCUT2D eigenvalue weighted by molar-refractivity contribution is 0.0694. The van der Waals surface area contributed by atoms with Crippen molar-refractivity contribution < 1.29 is 9.90 Å². The smallest absolute Gasteiger partial charge is 0.337 e. The molecule has 1 N–H and O–H groups in total. The predicted octanol–water partition coefficient (Wildman–Crippen LogP) is 2.62. The SMILES string of the molecule is CCC(c1nccs1)n1c(C)c(C(=O)O)c(C)cc1=O. The van der Waals surface area contributed by atoms with E-state index in [4.69, 9.17) is 0 Å². The van der Waals surface area contributed by atoms with E-state index in [2.05, 4.69) is 4.98 Å². The predicted molar refractivity (Wildman–Crippen MR) is 77.7 cm³/mol. The van der Waals surface area contributed by atoms with Crippen molar-refractivity contribution in [3.8, 4) is 0 Å². The minimum absolute atomic E-state index is 0.188. The molecule has 0 saturated heterocycles. The molecule has 0 aliphatic carbocycles. The average Bonchev–Trinajstić information content (AvgIpc) is 2.86. The summed E-state index contributed by atoms with van der Waals surface area (Å²) < 4.78 is 1.54. The molecule has 0 aromatic carbocycles. The number of aromatic carboxylic acids is 1. The van der Waals surface area contributed by atoms with Crippen molar-refractivity contribution in [2.75, 3.05) is 0 Å². The third-order valence-electron chi connectivity index (χ3n) is 3.34. The van der Waals surface area contributed by atoms with E-state index in [1.165, 1.54) is 22.0 Å². The molecule has 1 atom stereocenters. The van der Waals surface area contributed by atoms with Crippen molar-refractivity contribution in [1.29, 1.82) is 0 Å². The molecule has 5 nitrogen and oxygen atoms in total. The Bertz CT molecular complexity index is 689. The molecule has 0 bridgehead atoms. The molecule has 20 heavy (non-hydrogen) atoms. The van der Waals surface area contributed by atoms with E-state index in [1.54, 1.807) is 20.0 Å². The van der Waals surface area contributed by atoms with Gasteiger partial charge in [0.05, 0.1) is 11.6 Å². The largest absolute Gasteiger partial charge is 0.478 e. The van der Waals surface area contributed by atoms with Crippen LogP contribution in [0, 0.1) is 13.8 Å². The van der Waals surface area contributed by atoms with E-state index < -0.39 is 5.97 Å². The van der Waals surface area contributed by atoms with Gasteiger partial charge in [-0.05, 0) is 25.8 Å². The van der Waals surface area contributed by atoms with Crippen LogP contribution in [0.25, 0.3) is 0 Å². The maximum atomic E-state index is 12.3. The van der Waals surface area contributed by atoms with E-state index in [1.807, 2.05) is 12.3 Å². The van der Waals surface area contributed by atoms with E-state index >= 15 is 0 Å². The summed E-state index contributed by atoms with van der Waals surface area (Å²) in [5, 5.41) is 12.0. The van der Waals surface area contributed by atoms with Gasteiger partial charge in [-0.1, -0.05) is 6.92 Å². The summed E-state index contributed by atoms with van der Waals surface area (Å²) in [5.74, 6) is -1.01. The highest BCUT2D eigenvalue weighted by Gasteiger charge is 2.22. The Morgan fingerprint density at radius 3 is 2.70 bits per heavy atom. The number of aryl methyl sites for hydroxylation is 1. The van der Waals surface area contributed by atoms with Gasteiger partial charge < -0.3 is 9.67 Å². The molecule has 0 aliphatic heterocycles. The van der Waals surface area contributed by atoms with Crippen LogP contribution in [0.4, 0.5) is 0 Å². The minimum atomic E-state index is -1.01. The van der Waals surface area contributed by atoms with Gasteiger partial charge in [-0.25, -0.2) is 9.78 Å². The van der Waals surface area contributed by atoms with Crippen LogP contribution < -0.4 is 5.56 Å². The fraction of sp³-hybridized carbons (Fsp3) is 0.357. The third kappa shape index (κ3) is 2.38. The third-order valence-corrected chi connectivity index (χ3v) is 4.22. The number of carboxylic acids is 1. The van der Waals surface area contributed by atoms with Crippen molar-refractivity contribution in [3.63, 3.8) is 0 Å². The van der Waals surface area contributed by atoms with Gasteiger partial charge in [0, 0.05) is 23.3 Å². The summed E-state index contributed by atoms with van der Waals surface area (Å²) in [7, 11) is 0. The standard InChI is InChI=1S/C14H16N2O3S/c1-4-10(13-15-5-6-20-13)16-9(3)12(14(18)19)8(2)7-11(16)17/h5-7,10H,4H2,1-3H3,(H,18,19). The number of carboxylic acid groups (broad SMARTS) is 1. The molecule has 0 radical (unpaired) electrons. The molecular formula is C14H16N2O3S. The zero-order chi connectivity index (χ0) is 14.9. The topological polar surface area (TPSA) is 72.2 Å².